The molecule has 0 aliphatic carbocycles. The second-order valence-electron chi connectivity index (χ2n) is 5.16. The molecule has 0 aromatic heterocycles. The first-order valence-corrected chi connectivity index (χ1v) is 7.71. The zero-order valence-corrected chi connectivity index (χ0v) is 13.4. The number of hydrogen-bond acceptors (Lipinski definition) is 3. The molecule has 4 nitrogen and oxygen atoms in total. The maximum atomic E-state index is 12.1. The van der Waals surface area contributed by atoms with Crippen LogP contribution in [0.5, 0.6) is 5.75 Å². The Morgan fingerprint density at radius 2 is 2.35 bits per heavy atom. The highest BCUT2D eigenvalue weighted by molar-refractivity contribution is 9.10. The number of rotatable bonds is 5. The summed E-state index contributed by atoms with van der Waals surface area (Å²) in [7, 11) is 0. The van der Waals surface area contributed by atoms with Crippen LogP contribution in [0.3, 0.4) is 0 Å². The van der Waals surface area contributed by atoms with Crippen molar-refractivity contribution in [1.29, 1.82) is 0 Å². The summed E-state index contributed by atoms with van der Waals surface area (Å²) in [4.78, 5) is 12.1. The summed E-state index contributed by atoms with van der Waals surface area (Å²) in [5.41, 5.74) is 0.617. The molecule has 0 radical (unpaired) electrons. The quantitative estimate of drug-likeness (QED) is 0.894. The Morgan fingerprint density at radius 1 is 1.55 bits per heavy atom. The van der Waals surface area contributed by atoms with Crippen molar-refractivity contribution in [2.45, 2.75) is 38.9 Å². The normalized spacial score (nSPS) is 18.3. The van der Waals surface area contributed by atoms with E-state index in [1.807, 2.05) is 19.9 Å². The van der Waals surface area contributed by atoms with Crippen LogP contribution in [0, 0.1) is 0 Å². The van der Waals surface area contributed by atoms with Gasteiger partial charge in [0.2, 0.25) is 0 Å². The Labute approximate surface area is 128 Å². The third kappa shape index (κ3) is 4.21. The van der Waals surface area contributed by atoms with Gasteiger partial charge in [-0.2, -0.15) is 0 Å². The van der Waals surface area contributed by atoms with Crippen LogP contribution in [0.4, 0.5) is 0 Å². The van der Waals surface area contributed by atoms with Gasteiger partial charge in [-0.05, 0) is 60.8 Å². The largest absolute Gasteiger partial charge is 0.490 e. The average molecular weight is 342 g/mol. The monoisotopic (exact) mass is 341 g/mol. The summed E-state index contributed by atoms with van der Waals surface area (Å²) in [6.07, 6.45) is 2.36. The molecule has 1 heterocycles. The minimum absolute atomic E-state index is 0.0858. The second-order valence-corrected chi connectivity index (χ2v) is 6.01. The molecule has 0 spiro atoms. The van der Waals surface area contributed by atoms with Crippen LogP contribution >= 0.6 is 15.9 Å². The molecule has 1 fully saturated rings. The Kier molecular flexibility index (Phi) is 5.43. The topological polar surface area (TPSA) is 47.6 Å². The zero-order valence-electron chi connectivity index (χ0n) is 11.8. The van der Waals surface area contributed by atoms with Crippen LogP contribution < -0.4 is 10.1 Å². The molecule has 110 valence electrons. The third-order valence-corrected chi connectivity index (χ3v) is 3.69. The number of halogens is 1. The average Bonchev–Trinajstić information content (AvgIpc) is 2.91. The molecule has 1 N–H and O–H groups in total. The van der Waals surface area contributed by atoms with E-state index in [1.54, 1.807) is 12.1 Å². The summed E-state index contributed by atoms with van der Waals surface area (Å²) in [6.45, 7) is 5.30. The lowest BCUT2D eigenvalue weighted by atomic mass is 10.2. The smallest absolute Gasteiger partial charge is 0.251 e. The number of benzene rings is 1. The Morgan fingerprint density at radius 3 is 2.95 bits per heavy atom. The number of ether oxygens (including phenoxy) is 2. The van der Waals surface area contributed by atoms with Crippen molar-refractivity contribution in [3.05, 3.63) is 28.2 Å². The lowest BCUT2D eigenvalue weighted by Crippen LogP contribution is -2.31. The van der Waals surface area contributed by atoms with E-state index in [4.69, 9.17) is 9.47 Å². The highest BCUT2D eigenvalue weighted by Crippen LogP contribution is 2.27. The van der Waals surface area contributed by atoms with Gasteiger partial charge in [-0.1, -0.05) is 0 Å². The first-order valence-electron chi connectivity index (χ1n) is 6.92. The van der Waals surface area contributed by atoms with Crippen LogP contribution in [-0.4, -0.2) is 31.3 Å². The highest BCUT2D eigenvalue weighted by atomic mass is 79.9. The Bertz CT molecular complexity index is 470. The standard InChI is InChI=1S/C15H20BrNO3/c1-10(2)20-14-6-5-11(8-13(14)16)15(18)17-9-12-4-3-7-19-12/h5-6,8,10,12H,3-4,7,9H2,1-2H3,(H,17,18)/t12-/m1/s1. The van der Waals surface area contributed by atoms with Gasteiger partial charge in [0.15, 0.2) is 0 Å². The lowest BCUT2D eigenvalue weighted by molar-refractivity contribution is 0.0857. The van der Waals surface area contributed by atoms with E-state index in [0.717, 1.165) is 29.7 Å². The predicted molar refractivity (Wildman–Crippen MR) is 81.2 cm³/mol. The first-order chi connectivity index (χ1) is 9.56. The molecule has 1 aliphatic heterocycles. The van der Waals surface area contributed by atoms with Crippen molar-refractivity contribution < 1.29 is 14.3 Å². The van der Waals surface area contributed by atoms with Gasteiger partial charge in [0.25, 0.3) is 5.91 Å². The number of hydrogen-bond donors (Lipinski definition) is 1. The van der Waals surface area contributed by atoms with E-state index in [9.17, 15) is 4.79 Å². The van der Waals surface area contributed by atoms with E-state index >= 15 is 0 Å². The Balaban J connectivity index is 1.94. The fourth-order valence-corrected chi connectivity index (χ4v) is 2.58. The summed E-state index contributed by atoms with van der Waals surface area (Å²) < 4.78 is 11.9. The summed E-state index contributed by atoms with van der Waals surface area (Å²) in [5.74, 6) is 0.660. The fourth-order valence-electron chi connectivity index (χ4n) is 2.11. The zero-order chi connectivity index (χ0) is 14.5. The molecule has 1 aromatic carbocycles. The summed E-state index contributed by atoms with van der Waals surface area (Å²) >= 11 is 3.43. The molecule has 1 atom stereocenters. The van der Waals surface area contributed by atoms with Crippen molar-refractivity contribution in [1.82, 2.24) is 5.32 Å². The number of amides is 1. The van der Waals surface area contributed by atoms with Crippen LogP contribution in [0.15, 0.2) is 22.7 Å². The van der Waals surface area contributed by atoms with Gasteiger partial charge in [0, 0.05) is 18.7 Å². The summed E-state index contributed by atoms with van der Waals surface area (Å²) in [6, 6.07) is 5.36. The minimum Gasteiger partial charge on any atom is -0.490 e. The van der Waals surface area contributed by atoms with Gasteiger partial charge in [-0.25, -0.2) is 0 Å². The number of carbonyl (C=O) groups is 1. The summed E-state index contributed by atoms with van der Waals surface area (Å²) in [5, 5.41) is 2.90. The van der Waals surface area contributed by atoms with Gasteiger partial charge < -0.3 is 14.8 Å². The minimum atomic E-state index is -0.0858. The van der Waals surface area contributed by atoms with Crippen molar-refractivity contribution in [3.63, 3.8) is 0 Å². The number of carbonyl (C=O) groups excluding carboxylic acids is 1. The molecule has 1 saturated heterocycles. The van der Waals surface area contributed by atoms with Crippen molar-refractivity contribution in [2.75, 3.05) is 13.2 Å². The van der Waals surface area contributed by atoms with Gasteiger partial charge in [-0.3, -0.25) is 4.79 Å². The van der Waals surface area contributed by atoms with Crippen LogP contribution in [-0.2, 0) is 4.74 Å². The maximum absolute atomic E-state index is 12.1. The molecule has 20 heavy (non-hydrogen) atoms. The van der Waals surface area contributed by atoms with Crippen molar-refractivity contribution in [3.8, 4) is 5.75 Å². The van der Waals surface area contributed by atoms with Crippen molar-refractivity contribution >= 4 is 21.8 Å². The van der Waals surface area contributed by atoms with Gasteiger partial charge in [0.05, 0.1) is 16.7 Å². The maximum Gasteiger partial charge on any atom is 0.251 e. The van der Waals surface area contributed by atoms with Crippen molar-refractivity contribution in [2.24, 2.45) is 0 Å². The molecule has 1 aromatic rings. The molecule has 5 heteroatoms. The van der Waals surface area contributed by atoms with Crippen LogP contribution in [0.1, 0.15) is 37.0 Å². The predicted octanol–water partition coefficient (Wildman–Crippen LogP) is 3.15. The third-order valence-electron chi connectivity index (χ3n) is 3.07. The van der Waals surface area contributed by atoms with Gasteiger partial charge in [-0.15, -0.1) is 0 Å². The molecule has 0 saturated carbocycles. The van der Waals surface area contributed by atoms with Gasteiger partial charge >= 0.3 is 0 Å². The Hall–Kier alpha value is -1.07. The molecule has 2 rings (SSSR count). The van der Waals surface area contributed by atoms with E-state index in [-0.39, 0.29) is 18.1 Å². The molecule has 1 aliphatic rings. The molecule has 0 bridgehead atoms. The molecular weight excluding hydrogens is 322 g/mol. The SMILES string of the molecule is CC(C)Oc1ccc(C(=O)NC[C@H]2CCCO2)cc1Br. The van der Waals surface area contributed by atoms with Gasteiger partial charge in [0.1, 0.15) is 5.75 Å². The second kappa shape index (κ2) is 7.09. The molecule has 1 amide bonds. The van der Waals surface area contributed by atoms with Crippen LogP contribution in [0.2, 0.25) is 0 Å². The van der Waals surface area contributed by atoms with Crippen LogP contribution in [0.25, 0.3) is 0 Å². The van der Waals surface area contributed by atoms with E-state index in [1.165, 1.54) is 0 Å². The van der Waals surface area contributed by atoms with E-state index < -0.39 is 0 Å². The number of nitrogens with one attached hydrogen (secondary N) is 1. The van der Waals surface area contributed by atoms with E-state index in [2.05, 4.69) is 21.2 Å². The van der Waals surface area contributed by atoms with E-state index in [0.29, 0.717) is 12.1 Å². The molecular formula is C15H20BrNO3. The fraction of sp³-hybridized carbons (Fsp3) is 0.533. The molecule has 0 unspecified atom stereocenters. The lowest BCUT2D eigenvalue weighted by Gasteiger charge is -2.13. The first kappa shape index (κ1) is 15.3. The highest BCUT2D eigenvalue weighted by Gasteiger charge is 2.17.